The van der Waals surface area contributed by atoms with Crippen molar-refractivity contribution in [3.8, 4) is 11.1 Å². The second-order valence-electron chi connectivity index (χ2n) is 16.7. The van der Waals surface area contributed by atoms with Crippen LogP contribution < -0.4 is 4.90 Å². The van der Waals surface area contributed by atoms with Crippen LogP contribution in [-0.4, -0.2) is 0 Å². The highest BCUT2D eigenvalue weighted by Crippen LogP contribution is 2.61. The topological polar surface area (TPSA) is 3.24 Å². The Morgan fingerprint density at radius 1 is 0.431 bits per heavy atom. The van der Waals surface area contributed by atoms with E-state index >= 15 is 0 Å². The van der Waals surface area contributed by atoms with Crippen molar-refractivity contribution in [3.05, 3.63) is 162 Å². The number of fused-ring (bicyclic) bond motifs is 1. The van der Waals surface area contributed by atoms with Gasteiger partial charge in [0.15, 0.2) is 0 Å². The summed E-state index contributed by atoms with van der Waals surface area (Å²) in [5.41, 5.74) is 11.2. The molecule has 0 atom stereocenters. The average Bonchev–Trinajstić information content (AvgIpc) is 3.19. The van der Waals surface area contributed by atoms with Crippen LogP contribution in [0.5, 0.6) is 0 Å². The van der Waals surface area contributed by atoms with Crippen molar-refractivity contribution in [3.63, 3.8) is 0 Å². The van der Waals surface area contributed by atoms with Crippen LogP contribution in [0.2, 0.25) is 0 Å². The van der Waals surface area contributed by atoms with Gasteiger partial charge in [0.05, 0.1) is 0 Å². The maximum absolute atomic E-state index is 2.50. The van der Waals surface area contributed by atoms with Gasteiger partial charge in [-0.2, -0.15) is 0 Å². The quantitative estimate of drug-likeness (QED) is 0.164. The van der Waals surface area contributed by atoms with Crippen LogP contribution in [0.25, 0.3) is 21.9 Å². The third kappa shape index (κ3) is 5.43. The van der Waals surface area contributed by atoms with Crippen molar-refractivity contribution in [1.29, 1.82) is 0 Å². The Kier molecular flexibility index (Phi) is 7.67. The summed E-state index contributed by atoms with van der Waals surface area (Å²) < 4.78 is 0. The molecule has 0 radical (unpaired) electrons. The molecule has 0 heterocycles. The number of hydrogen-bond donors (Lipinski definition) is 0. The molecular weight excluding hydrogens is 615 g/mol. The van der Waals surface area contributed by atoms with Gasteiger partial charge in [-0.25, -0.2) is 0 Å². The lowest BCUT2D eigenvalue weighted by Crippen LogP contribution is -2.48. The summed E-state index contributed by atoms with van der Waals surface area (Å²) >= 11 is 0. The maximum atomic E-state index is 2.50. The highest BCUT2D eigenvalue weighted by atomic mass is 15.1. The van der Waals surface area contributed by atoms with Crippen molar-refractivity contribution < 1.29 is 0 Å². The number of rotatable bonds is 7. The lowest BCUT2D eigenvalue weighted by molar-refractivity contribution is -0.00518. The summed E-state index contributed by atoms with van der Waals surface area (Å²) in [6.45, 7) is 0. The first-order chi connectivity index (χ1) is 25.2. The molecule has 254 valence electrons. The largest absolute Gasteiger partial charge is 0.311 e. The number of hydrogen-bond acceptors (Lipinski definition) is 1. The monoisotopic (exact) mass is 663 g/mol. The van der Waals surface area contributed by atoms with Gasteiger partial charge >= 0.3 is 0 Å². The Labute approximate surface area is 304 Å². The molecule has 0 aromatic heterocycles. The molecule has 6 aromatic carbocycles. The molecule has 6 aromatic rings. The van der Waals surface area contributed by atoms with E-state index in [4.69, 9.17) is 0 Å². The molecule has 1 nitrogen and oxygen atoms in total. The minimum atomic E-state index is 0.0997. The predicted molar refractivity (Wildman–Crippen MR) is 214 cm³/mol. The van der Waals surface area contributed by atoms with E-state index in [9.17, 15) is 0 Å². The van der Waals surface area contributed by atoms with Gasteiger partial charge in [0, 0.05) is 22.5 Å². The van der Waals surface area contributed by atoms with E-state index in [0.717, 1.165) is 17.8 Å². The zero-order valence-electron chi connectivity index (χ0n) is 29.8. The van der Waals surface area contributed by atoms with E-state index in [2.05, 4.69) is 150 Å². The molecule has 5 fully saturated rings. The van der Waals surface area contributed by atoms with Gasteiger partial charge in [0.2, 0.25) is 0 Å². The van der Waals surface area contributed by atoms with E-state index < -0.39 is 0 Å². The molecule has 1 heteroatoms. The fourth-order valence-electron chi connectivity index (χ4n) is 11.7. The molecule has 5 saturated carbocycles. The fraction of sp³-hybridized carbons (Fsp3) is 0.320. The minimum absolute atomic E-state index is 0.0997. The Morgan fingerprint density at radius 2 is 0.941 bits per heavy atom. The first kappa shape index (κ1) is 31.1. The summed E-state index contributed by atoms with van der Waals surface area (Å²) in [5.74, 6) is 2.86. The van der Waals surface area contributed by atoms with E-state index in [-0.39, 0.29) is 5.41 Å². The molecule has 0 saturated heterocycles. The Morgan fingerprint density at radius 3 is 1.57 bits per heavy atom. The van der Waals surface area contributed by atoms with Crippen LogP contribution >= 0.6 is 0 Å². The van der Waals surface area contributed by atoms with Crippen molar-refractivity contribution >= 4 is 27.8 Å². The molecular formula is C50H49N. The van der Waals surface area contributed by atoms with E-state index in [1.807, 2.05) is 0 Å². The Balaban J connectivity index is 1.03. The molecule has 0 spiro atoms. The molecule has 0 amide bonds. The molecule has 11 rings (SSSR count). The Hall–Kier alpha value is -4.62. The number of benzene rings is 6. The predicted octanol–water partition coefficient (Wildman–Crippen LogP) is 13.7. The summed E-state index contributed by atoms with van der Waals surface area (Å²) in [4.78, 5) is 2.48. The highest BCUT2D eigenvalue weighted by Gasteiger charge is 2.51. The van der Waals surface area contributed by atoms with Crippen LogP contribution in [0.4, 0.5) is 17.1 Å². The van der Waals surface area contributed by atoms with Crippen LogP contribution in [0, 0.1) is 17.8 Å². The fourth-order valence-corrected chi connectivity index (χ4v) is 11.7. The van der Waals surface area contributed by atoms with E-state index in [1.165, 1.54) is 121 Å². The van der Waals surface area contributed by atoms with Crippen LogP contribution in [0.1, 0.15) is 87.3 Å². The van der Waals surface area contributed by atoms with Gasteiger partial charge < -0.3 is 4.90 Å². The smallest absolute Gasteiger partial charge is 0.0462 e. The molecule has 5 aliphatic carbocycles. The van der Waals surface area contributed by atoms with Crippen molar-refractivity contribution in [1.82, 2.24) is 0 Å². The van der Waals surface area contributed by atoms with Crippen molar-refractivity contribution in [2.24, 2.45) is 17.8 Å². The molecule has 0 unspecified atom stereocenters. The maximum Gasteiger partial charge on any atom is 0.0462 e. The van der Waals surface area contributed by atoms with Gasteiger partial charge in [-0.05, 0) is 150 Å². The Bertz CT molecular complexity index is 2090. The summed E-state index contributed by atoms with van der Waals surface area (Å²) in [6, 6.07) is 55.5. The van der Waals surface area contributed by atoms with Gasteiger partial charge in [-0.15, -0.1) is 0 Å². The number of nitrogens with zero attached hydrogens (tertiary/aromatic N) is 1. The van der Waals surface area contributed by atoms with Crippen molar-refractivity contribution in [2.45, 2.75) is 81.5 Å². The zero-order valence-corrected chi connectivity index (χ0v) is 29.8. The molecule has 5 aliphatic rings. The third-order valence-corrected chi connectivity index (χ3v) is 13.7. The first-order valence-electron chi connectivity index (χ1n) is 19.8. The van der Waals surface area contributed by atoms with Crippen molar-refractivity contribution in [2.75, 3.05) is 4.90 Å². The first-order valence-corrected chi connectivity index (χ1v) is 19.8. The van der Waals surface area contributed by atoms with Gasteiger partial charge in [0.25, 0.3) is 0 Å². The lowest BCUT2D eigenvalue weighted by atomic mass is 9.48. The second kappa shape index (κ2) is 12.6. The number of anilines is 3. The SMILES string of the molecule is c1ccc(C2(c3ccc(N(c4ccc(-c5cccc6ccccc56)cc4)c4ccc(C56CC7CC(CC(C7)C5)C6)cc4)cc3)CCCCC2)cc1. The average molecular weight is 664 g/mol. The lowest BCUT2D eigenvalue weighted by Gasteiger charge is -2.57. The van der Waals surface area contributed by atoms with Crippen LogP contribution in [0.3, 0.4) is 0 Å². The molecule has 0 N–H and O–H groups in total. The van der Waals surface area contributed by atoms with E-state index in [0.29, 0.717) is 5.41 Å². The normalized spacial score (nSPS) is 24.8. The van der Waals surface area contributed by atoms with E-state index in [1.54, 1.807) is 5.56 Å². The third-order valence-electron chi connectivity index (χ3n) is 13.7. The van der Waals surface area contributed by atoms with Gasteiger partial charge in [-0.3, -0.25) is 0 Å². The van der Waals surface area contributed by atoms with Gasteiger partial charge in [-0.1, -0.05) is 128 Å². The minimum Gasteiger partial charge on any atom is -0.311 e. The summed E-state index contributed by atoms with van der Waals surface area (Å²) in [6.07, 6.45) is 15.1. The van der Waals surface area contributed by atoms with Crippen LogP contribution in [-0.2, 0) is 10.8 Å². The van der Waals surface area contributed by atoms with Gasteiger partial charge in [0.1, 0.15) is 0 Å². The highest BCUT2D eigenvalue weighted by molar-refractivity contribution is 5.97. The molecule has 51 heavy (non-hydrogen) atoms. The standard InChI is InChI=1S/C50H49N/c1-3-12-42(13-4-1)50(28-7-2-8-29-50)43-20-26-46(27-21-43)51(44-22-16-40(17-23-44)48-15-9-11-39-10-5-6-14-47(39)48)45-24-18-41(19-25-45)49-33-36-30-37(34-49)32-38(31-36)35-49/h1,3-6,9-27,36-38H,2,7-8,28-35H2. The van der Waals surface area contributed by atoms with Crippen LogP contribution in [0.15, 0.2) is 146 Å². The zero-order chi connectivity index (χ0) is 33.8. The summed E-state index contributed by atoms with van der Waals surface area (Å²) in [5, 5.41) is 2.58. The summed E-state index contributed by atoms with van der Waals surface area (Å²) in [7, 11) is 0. The molecule has 4 bridgehead atoms. The second-order valence-corrected chi connectivity index (χ2v) is 16.7. The molecule has 0 aliphatic heterocycles.